The Balaban J connectivity index is 0.00000306. The molecule has 3 fully saturated rings. The van der Waals surface area contributed by atoms with Gasteiger partial charge in [-0.3, -0.25) is 19.8 Å². The molecular formula is C24H36ClN3O5. The van der Waals surface area contributed by atoms with Crippen LogP contribution in [0, 0.1) is 22.0 Å². The third-order valence-corrected chi connectivity index (χ3v) is 7.33. The number of nitrogens with one attached hydrogen (secondary N) is 1. The van der Waals surface area contributed by atoms with E-state index >= 15 is 0 Å². The summed E-state index contributed by atoms with van der Waals surface area (Å²) in [5.74, 6) is 1.65. The first-order valence-corrected chi connectivity index (χ1v) is 11.9. The summed E-state index contributed by atoms with van der Waals surface area (Å²) in [5.41, 5.74) is -0.0592. The molecule has 4 rings (SSSR count). The van der Waals surface area contributed by atoms with Gasteiger partial charge in [-0.15, -0.1) is 12.4 Å². The molecule has 8 nitrogen and oxygen atoms in total. The molecule has 1 amide bonds. The Bertz CT molecular complexity index is 843. The summed E-state index contributed by atoms with van der Waals surface area (Å²) in [4.78, 5) is 26.8. The Kier molecular flexibility index (Phi) is 8.45. The third-order valence-electron chi connectivity index (χ3n) is 7.33. The smallest absolute Gasteiger partial charge is 0.312 e. The van der Waals surface area contributed by atoms with Crippen molar-refractivity contribution in [2.75, 3.05) is 20.2 Å². The van der Waals surface area contributed by atoms with Crippen LogP contribution in [-0.2, 0) is 0 Å². The van der Waals surface area contributed by atoms with Crippen molar-refractivity contribution in [3.8, 4) is 11.5 Å². The summed E-state index contributed by atoms with van der Waals surface area (Å²) in [6.45, 7) is 5.44. The highest BCUT2D eigenvalue weighted by Gasteiger charge is 2.42. The van der Waals surface area contributed by atoms with Gasteiger partial charge in [0.25, 0.3) is 5.91 Å². The number of carbonyl (C=O) groups excluding carboxylic acids is 1. The Morgan fingerprint density at radius 3 is 2.30 bits per heavy atom. The van der Waals surface area contributed by atoms with E-state index in [-0.39, 0.29) is 53.2 Å². The van der Waals surface area contributed by atoms with Gasteiger partial charge in [-0.25, -0.2) is 0 Å². The number of fused-ring (bicyclic) bond motifs is 2. The van der Waals surface area contributed by atoms with Gasteiger partial charge in [0.15, 0.2) is 0 Å². The maximum absolute atomic E-state index is 13.1. The first-order valence-electron chi connectivity index (χ1n) is 11.9. The van der Waals surface area contributed by atoms with Gasteiger partial charge in [-0.1, -0.05) is 12.8 Å². The molecule has 1 aliphatic heterocycles. The zero-order valence-corrected chi connectivity index (χ0v) is 20.6. The fourth-order valence-electron chi connectivity index (χ4n) is 6.06. The van der Waals surface area contributed by atoms with E-state index in [1.54, 1.807) is 13.8 Å². The molecule has 2 bridgehead atoms. The molecule has 1 atom stereocenters. The third kappa shape index (κ3) is 5.54. The van der Waals surface area contributed by atoms with Gasteiger partial charge in [-0.2, -0.15) is 0 Å². The molecule has 2 saturated carbocycles. The lowest BCUT2D eigenvalue weighted by Crippen LogP contribution is -2.50. The molecule has 1 aromatic rings. The zero-order chi connectivity index (χ0) is 22.8. The van der Waals surface area contributed by atoms with E-state index in [9.17, 15) is 14.9 Å². The van der Waals surface area contributed by atoms with Crippen molar-refractivity contribution in [2.24, 2.45) is 11.8 Å². The van der Waals surface area contributed by atoms with Gasteiger partial charge >= 0.3 is 5.69 Å². The number of benzene rings is 1. The number of ether oxygens (including phenoxy) is 2. The Hall–Kier alpha value is -2.06. The summed E-state index contributed by atoms with van der Waals surface area (Å²) in [6, 6.07) is 3.41. The first-order chi connectivity index (χ1) is 15.4. The number of nitrogens with zero attached hydrogens (tertiary/aromatic N) is 2. The molecular weight excluding hydrogens is 446 g/mol. The topological polar surface area (TPSA) is 93.9 Å². The molecule has 1 N–H and O–H groups in total. The van der Waals surface area contributed by atoms with Crippen LogP contribution in [0.15, 0.2) is 12.1 Å². The lowest BCUT2D eigenvalue weighted by atomic mass is 9.68. The molecule has 0 aromatic heterocycles. The van der Waals surface area contributed by atoms with Gasteiger partial charge < -0.3 is 14.8 Å². The molecule has 0 radical (unpaired) electrons. The molecule has 0 spiro atoms. The van der Waals surface area contributed by atoms with Crippen LogP contribution < -0.4 is 14.8 Å². The van der Waals surface area contributed by atoms with Gasteiger partial charge in [0, 0.05) is 37.3 Å². The van der Waals surface area contributed by atoms with Crippen molar-refractivity contribution in [3.05, 3.63) is 27.8 Å². The Labute approximate surface area is 201 Å². The summed E-state index contributed by atoms with van der Waals surface area (Å²) in [6.07, 6.45) is 8.72. The Morgan fingerprint density at radius 1 is 1.12 bits per heavy atom. The van der Waals surface area contributed by atoms with Crippen molar-refractivity contribution in [2.45, 2.75) is 77.0 Å². The van der Waals surface area contributed by atoms with E-state index in [0.717, 1.165) is 31.3 Å². The number of halogens is 1. The number of likely N-dealkylation sites (tertiary alicyclic amines) is 1. The van der Waals surface area contributed by atoms with Crippen LogP contribution in [0.3, 0.4) is 0 Å². The largest absolute Gasteiger partial charge is 0.496 e. The number of nitro benzene ring substituents is 1. The van der Waals surface area contributed by atoms with Gasteiger partial charge in [-0.05, 0) is 57.8 Å². The quantitative estimate of drug-likeness (QED) is 0.452. The molecule has 2 aliphatic carbocycles. The van der Waals surface area contributed by atoms with E-state index in [4.69, 9.17) is 9.47 Å². The summed E-state index contributed by atoms with van der Waals surface area (Å²) >= 11 is 0. The second-order valence-corrected chi connectivity index (χ2v) is 9.77. The van der Waals surface area contributed by atoms with E-state index in [1.807, 2.05) is 0 Å². The van der Waals surface area contributed by atoms with Crippen LogP contribution >= 0.6 is 12.4 Å². The number of hydrogen-bond acceptors (Lipinski definition) is 6. The van der Waals surface area contributed by atoms with E-state index < -0.39 is 4.92 Å². The summed E-state index contributed by atoms with van der Waals surface area (Å²) < 4.78 is 11.0. The van der Waals surface area contributed by atoms with Crippen molar-refractivity contribution >= 4 is 24.0 Å². The zero-order valence-electron chi connectivity index (χ0n) is 19.7. The molecule has 1 saturated heterocycles. The number of methoxy groups -OCH3 is 1. The van der Waals surface area contributed by atoms with Gasteiger partial charge in [0.2, 0.25) is 5.75 Å². The SMILES string of the molecule is COc1cc(OC(C)C)c([N+](=O)[O-])cc1C(=O)NC1CCN(C2C3CCCC2CCC3)C1.Cl. The maximum Gasteiger partial charge on any atom is 0.312 e. The number of nitro groups is 1. The van der Waals surface area contributed by atoms with Crippen LogP contribution in [0.2, 0.25) is 0 Å². The van der Waals surface area contributed by atoms with Crippen LogP contribution in [0.5, 0.6) is 11.5 Å². The van der Waals surface area contributed by atoms with Crippen molar-refractivity contribution in [1.82, 2.24) is 10.2 Å². The van der Waals surface area contributed by atoms with Gasteiger partial charge in [0.05, 0.1) is 23.7 Å². The lowest BCUT2D eigenvalue weighted by molar-refractivity contribution is -0.386. The number of hydrogen-bond donors (Lipinski definition) is 1. The molecule has 1 unspecified atom stereocenters. The molecule has 184 valence electrons. The van der Waals surface area contributed by atoms with Crippen LogP contribution in [0.25, 0.3) is 0 Å². The normalized spacial score (nSPS) is 27.0. The number of carbonyl (C=O) groups is 1. The highest BCUT2D eigenvalue weighted by molar-refractivity contribution is 5.98. The van der Waals surface area contributed by atoms with Crippen molar-refractivity contribution < 1.29 is 19.2 Å². The van der Waals surface area contributed by atoms with Crippen LogP contribution in [0.4, 0.5) is 5.69 Å². The second-order valence-electron chi connectivity index (χ2n) is 9.77. The lowest BCUT2D eigenvalue weighted by Gasteiger charge is -2.47. The predicted octanol–water partition coefficient (Wildman–Crippen LogP) is 4.59. The molecule has 33 heavy (non-hydrogen) atoms. The Morgan fingerprint density at radius 2 is 1.76 bits per heavy atom. The highest BCUT2D eigenvalue weighted by atomic mass is 35.5. The predicted molar refractivity (Wildman–Crippen MR) is 129 cm³/mol. The molecule has 3 aliphatic rings. The minimum atomic E-state index is -0.521. The number of amides is 1. The van der Waals surface area contributed by atoms with Gasteiger partial charge in [0.1, 0.15) is 5.75 Å². The molecule has 9 heteroatoms. The van der Waals surface area contributed by atoms with E-state index in [0.29, 0.717) is 6.04 Å². The van der Waals surface area contributed by atoms with Crippen LogP contribution in [-0.4, -0.2) is 54.1 Å². The second kappa shape index (κ2) is 10.9. The average molecular weight is 482 g/mol. The van der Waals surface area contributed by atoms with E-state index in [1.165, 1.54) is 57.8 Å². The summed E-state index contributed by atoms with van der Waals surface area (Å²) in [7, 11) is 1.45. The van der Waals surface area contributed by atoms with E-state index in [2.05, 4.69) is 10.2 Å². The number of rotatable bonds is 7. The maximum atomic E-state index is 13.1. The molecule has 1 aromatic carbocycles. The van der Waals surface area contributed by atoms with Crippen LogP contribution in [0.1, 0.15) is 69.2 Å². The van der Waals surface area contributed by atoms with Crippen molar-refractivity contribution in [1.29, 1.82) is 0 Å². The standard InChI is InChI=1S/C24H35N3O5.ClH/c1-15(2)32-22-13-21(31-3)19(12-20(22)27(29)30)24(28)25-18-10-11-26(14-18)23-16-6-4-7-17(23)9-5-8-16;/h12-13,15-18,23H,4-11,14H2,1-3H3,(H,25,28);1H. The monoisotopic (exact) mass is 481 g/mol. The minimum absolute atomic E-state index is 0. The fraction of sp³-hybridized carbons (Fsp3) is 0.708. The summed E-state index contributed by atoms with van der Waals surface area (Å²) in [5, 5.41) is 14.7. The molecule has 1 heterocycles. The minimum Gasteiger partial charge on any atom is -0.496 e. The average Bonchev–Trinajstić information content (AvgIpc) is 3.20. The highest BCUT2D eigenvalue weighted by Crippen LogP contribution is 2.43. The first kappa shape index (κ1) is 25.6. The fourth-order valence-corrected chi connectivity index (χ4v) is 6.06. The van der Waals surface area contributed by atoms with Crippen molar-refractivity contribution in [3.63, 3.8) is 0 Å².